The van der Waals surface area contributed by atoms with Crippen molar-refractivity contribution in [3.05, 3.63) is 41.5 Å². The lowest BCUT2D eigenvalue weighted by Gasteiger charge is -2.05. The zero-order valence-electron chi connectivity index (χ0n) is 13.5. The number of hydrogen-bond acceptors (Lipinski definition) is 6. The minimum Gasteiger partial charge on any atom is -0.339 e. The van der Waals surface area contributed by atoms with Gasteiger partial charge in [-0.15, -0.1) is 0 Å². The molecule has 2 rings (SSSR count). The van der Waals surface area contributed by atoms with Gasteiger partial charge in [0.15, 0.2) is 5.82 Å². The Morgan fingerprint density at radius 1 is 1.26 bits per heavy atom. The molecule has 2 N–H and O–H groups in total. The molecule has 0 aliphatic heterocycles. The molecular formula is C15H22N4O3S. The van der Waals surface area contributed by atoms with Gasteiger partial charge in [0.1, 0.15) is 0 Å². The van der Waals surface area contributed by atoms with Crippen molar-refractivity contribution in [3.63, 3.8) is 0 Å². The van der Waals surface area contributed by atoms with Gasteiger partial charge < -0.3 is 9.84 Å². The van der Waals surface area contributed by atoms with E-state index in [9.17, 15) is 8.42 Å². The highest BCUT2D eigenvalue weighted by atomic mass is 32.2. The molecule has 0 radical (unpaired) electrons. The van der Waals surface area contributed by atoms with E-state index in [4.69, 9.17) is 4.52 Å². The van der Waals surface area contributed by atoms with E-state index in [0.29, 0.717) is 24.6 Å². The van der Waals surface area contributed by atoms with Crippen LogP contribution >= 0.6 is 0 Å². The fourth-order valence-corrected chi connectivity index (χ4v) is 2.98. The molecule has 8 heteroatoms. The molecule has 2 aromatic rings. The molecule has 0 saturated carbocycles. The second-order valence-electron chi connectivity index (χ2n) is 5.46. The van der Waals surface area contributed by atoms with E-state index >= 15 is 0 Å². The van der Waals surface area contributed by atoms with Crippen LogP contribution in [0, 0.1) is 6.92 Å². The van der Waals surface area contributed by atoms with E-state index in [1.807, 2.05) is 20.9 Å². The second-order valence-corrected chi connectivity index (χ2v) is 7.23. The molecule has 23 heavy (non-hydrogen) atoms. The van der Waals surface area contributed by atoms with Crippen molar-refractivity contribution in [3.8, 4) is 0 Å². The predicted molar refractivity (Wildman–Crippen MR) is 86.6 cm³/mol. The van der Waals surface area contributed by atoms with Gasteiger partial charge in [-0.25, -0.2) is 13.1 Å². The Bertz CT molecular complexity index is 725. The van der Waals surface area contributed by atoms with Crippen LogP contribution in [0.15, 0.2) is 33.7 Å². The highest BCUT2D eigenvalue weighted by Crippen LogP contribution is 2.10. The smallest absolute Gasteiger partial charge is 0.240 e. The molecule has 1 aromatic heterocycles. The Labute approximate surface area is 136 Å². The van der Waals surface area contributed by atoms with Gasteiger partial charge in [0.2, 0.25) is 15.9 Å². The number of benzene rings is 1. The zero-order chi connectivity index (χ0) is 16.9. The van der Waals surface area contributed by atoms with Crippen molar-refractivity contribution in [2.45, 2.75) is 37.6 Å². The summed E-state index contributed by atoms with van der Waals surface area (Å²) in [5.74, 6) is 1.04. The quantitative estimate of drug-likeness (QED) is 0.747. The Kier molecular flexibility index (Phi) is 5.86. The van der Waals surface area contributed by atoms with Crippen LogP contribution in [0.4, 0.5) is 0 Å². The first-order chi connectivity index (χ1) is 10.9. The Morgan fingerprint density at radius 2 is 1.96 bits per heavy atom. The standard InChI is InChI=1S/C15H22N4O3S/c1-11-4-6-13(7-5-11)23(20,21)17-9-8-15-18-14(19-22-15)10-12(2)16-3/h4-7,12,16-17H,8-10H2,1-3H3. The summed E-state index contributed by atoms with van der Waals surface area (Å²) in [5, 5.41) is 6.98. The van der Waals surface area contributed by atoms with Crippen LogP contribution < -0.4 is 10.0 Å². The summed E-state index contributed by atoms with van der Waals surface area (Å²) in [6.07, 6.45) is 1.01. The highest BCUT2D eigenvalue weighted by molar-refractivity contribution is 7.89. The molecule has 0 amide bonds. The van der Waals surface area contributed by atoms with E-state index < -0.39 is 10.0 Å². The number of aryl methyl sites for hydroxylation is 1. The van der Waals surface area contributed by atoms with Crippen LogP contribution in [0.1, 0.15) is 24.2 Å². The summed E-state index contributed by atoms with van der Waals surface area (Å²) < 4.78 is 31.9. The van der Waals surface area contributed by atoms with Crippen molar-refractivity contribution in [1.82, 2.24) is 20.2 Å². The molecule has 0 fully saturated rings. The van der Waals surface area contributed by atoms with Crippen LogP contribution in [-0.2, 0) is 22.9 Å². The van der Waals surface area contributed by atoms with Gasteiger partial charge in [0.25, 0.3) is 0 Å². The molecule has 1 atom stereocenters. The maximum atomic E-state index is 12.1. The maximum Gasteiger partial charge on any atom is 0.240 e. The normalized spacial score (nSPS) is 13.2. The number of nitrogens with zero attached hydrogens (tertiary/aromatic N) is 2. The number of likely N-dealkylation sites (N-methyl/N-ethyl adjacent to an activating group) is 1. The minimum absolute atomic E-state index is 0.208. The molecule has 0 aliphatic rings. The lowest BCUT2D eigenvalue weighted by molar-refractivity contribution is 0.371. The highest BCUT2D eigenvalue weighted by Gasteiger charge is 2.14. The summed E-state index contributed by atoms with van der Waals surface area (Å²) in [5.41, 5.74) is 1.01. The van der Waals surface area contributed by atoms with E-state index in [-0.39, 0.29) is 17.5 Å². The van der Waals surface area contributed by atoms with Gasteiger partial charge in [-0.2, -0.15) is 4.98 Å². The van der Waals surface area contributed by atoms with Crippen molar-refractivity contribution in [1.29, 1.82) is 0 Å². The minimum atomic E-state index is -3.51. The summed E-state index contributed by atoms with van der Waals surface area (Å²) in [7, 11) is -1.65. The summed E-state index contributed by atoms with van der Waals surface area (Å²) in [4.78, 5) is 4.50. The number of sulfonamides is 1. The summed E-state index contributed by atoms with van der Waals surface area (Å²) >= 11 is 0. The average molecular weight is 338 g/mol. The first-order valence-corrected chi connectivity index (χ1v) is 8.94. The third-order valence-corrected chi connectivity index (χ3v) is 4.93. The Balaban J connectivity index is 1.88. The molecule has 0 saturated heterocycles. The van der Waals surface area contributed by atoms with Crippen LogP contribution in [0.2, 0.25) is 0 Å². The van der Waals surface area contributed by atoms with Crippen molar-refractivity contribution >= 4 is 10.0 Å². The maximum absolute atomic E-state index is 12.1. The van der Waals surface area contributed by atoms with Gasteiger partial charge in [0, 0.05) is 25.4 Å². The molecule has 0 bridgehead atoms. The lowest BCUT2D eigenvalue weighted by Crippen LogP contribution is -2.26. The molecule has 0 spiro atoms. The number of aromatic nitrogens is 2. The van der Waals surface area contributed by atoms with Gasteiger partial charge in [-0.1, -0.05) is 22.9 Å². The average Bonchev–Trinajstić information content (AvgIpc) is 2.94. The molecular weight excluding hydrogens is 316 g/mol. The first kappa shape index (κ1) is 17.6. The fourth-order valence-electron chi connectivity index (χ4n) is 1.94. The van der Waals surface area contributed by atoms with Crippen LogP contribution in [0.3, 0.4) is 0 Å². The van der Waals surface area contributed by atoms with Crippen LogP contribution in [-0.4, -0.2) is 38.2 Å². The Morgan fingerprint density at radius 3 is 2.61 bits per heavy atom. The number of nitrogens with one attached hydrogen (secondary N) is 2. The largest absolute Gasteiger partial charge is 0.339 e. The molecule has 1 heterocycles. The Hall–Kier alpha value is -1.77. The van der Waals surface area contributed by atoms with Gasteiger partial charge in [-0.05, 0) is 33.0 Å². The predicted octanol–water partition coefficient (Wildman–Crippen LogP) is 1.05. The topological polar surface area (TPSA) is 97.1 Å². The monoisotopic (exact) mass is 338 g/mol. The molecule has 1 aromatic carbocycles. The van der Waals surface area contributed by atoms with Crippen molar-refractivity contribution in [2.24, 2.45) is 0 Å². The molecule has 7 nitrogen and oxygen atoms in total. The third kappa shape index (κ3) is 5.12. The summed E-state index contributed by atoms with van der Waals surface area (Å²) in [6.45, 7) is 4.14. The fraction of sp³-hybridized carbons (Fsp3) is 0.467. The van der Waals surface area contributed by atoms with Gasteiger partial charge in [0.05, 0.1) is 4.90 Å². The molecule has 1 unspecified atom stereocenters. The van der Waals surface area contributed by atoms with Crippen molar-refractivity contribution < 1.29 is 12.9 Å². The molecule has 0 aliphatic carbocycles. The zero-order valence-corrected chi connectivity index (χ0v) is 14.4. The van der Waals surface area contributed by atoms with Gasteiger partial charge >= 0.3 is 0 Å². The summed E-state index contributed by atoms with van der Waals surface area (Å²) in [6, 6.07) is 6.95. The number of hydrogen-bond donors (Lipinski definition) is 2. The third-order valence-electron chi connectivity index (χ3n) is 3.45. The van der Waals surface area contributed by atoms with E-state index in [2.05, 4.69) is 20.2 Å². The van der Waals surface area contributed by atoms with E-state index in [1.165, 1.54) is 0 Å². The SMILES string of the molecule is CNC(C)Cc1noc(CCNS(=O)(=O)c2ccc(C)cc2)n1. The van der Waals surface area contributed by atoms with E-state index in [1.54, 1.807) is 24.3 Å². The van der Waals surface area contributed by atoms with Crippen LogP contribution in [0.25, 0.3) is 0 Å². The molecule has 126 valence electrons. The second kappa shape index (κ2) is 7.67. The number of rotatable bonds is 8. The first-order valence-electron chi connectivity index (χ1n) is 7.46. The van der Waals surface area contributed by atoms with Gasteiger partial charge in [-0.3, -0.25) is 0 Å². The van der Waals surface area contributed by atoms with Crippen molar-refractivity contribution in [2.75, 3.05) is 13.6 Å². The lowest BCUT2D eigenvalue weighted by atomic mass is 10.2. The van der Waals surface area contributed by atoms with Crippen LogP contribution in [0.5, 0.6) is 0 Å². The van der Waals surface area contributed by atoms with E-state index in [0.717, 1.165) is 5.56 Å².